The zero-order valence-electron chi connectivity index (χ0n) is 20.5. The monoisotopic (exact) mass is 549 g/mol. The molecule has 1 amide bonds. The number of Topliss-reactive ketones (excluding diaryl/α,β-unsaturated/α-hetero) is 1. The van der Waals surface area contributed by atoms with Gasteiger partial charge in [-0.05, 0) is 49.2 Å². The number of amides is 1. The van der Waals surface area contributed by atoms with Crippen molar-refractivity contribution in [1.82, 2.24) is 10.2 Å². The Morgan fingerprint density at radius 1 is 1.13 bits per heavy atom. The van der Waals surface area contributed by atoms with Crippen LogP contribution in [0.25, 0.3) is 0 Å². The second-order valence-electron chi connectivity index (χ2n) is 8.36. The molecule has 1 aliphatic rings. The zero-order valence-corrected chi connectivity index (χ0v) is 22.1. The van der Waals surface area contributed by atoms with Gasteiger partial charge in [-0.2, -0.15) is 0 Å². The molecule has 2 aromatic carbocycles. The lowest BCUT2D eigenvalue weighted by molar-refractivity contribution is -0.117. The molecule has 11 heteroatoms. The van der Waals surface area contributed by atoms with Crippen LogP contribution in [0.1, 0.15) is 40.4 Å². The van der Waals surface area contributed by atoms with Gasteiger partial charge in [-0.15, -0.1) is 10.2 Å². The van der Waals surface area contributed by atoms with E-state index in [1.807, 2.05) is 30.3 Å². The minimum absolute atomic E-state index is 0.0103. The molecule has 5 rings (SSSR count). The van der Waals surface area contributed by atoms with Crippen molar-refractivity contribution in [2.24, 2.45) is 0 Å². The maximum Gasteiger partial charge on any atom is 0.296 e. The zero-order chi connectivity index (χ0) is 26.8. The molecule has 0 fully saturated rings. The first-order valence-electron chi connectivity index (χ1n) is 11.7. The summed E-state index contributed by atoms with van der Waals surface area (Å²) in [5, 5.41) is 29.8. The average molecular weight is 550 g/mol. The summed E-state index contributed by atoms with van der Waals surface area (Å²) in [6, 6.07) is 16.4. The molecule has 0 saturated carbocycles. The van der Waals surface area contributed by atoms with Crippen LogP contribution >= 0.6 is 23.1 Å². The molecule has 4 aromatic rings. The number of carbonyl (C=O) groups excluding carboxylic acids is 2. The molecule has 0 bridgehead atoms. The molecule has 2 N–H and O–H groups in total. The number of ether oxygens (including phenoxy) is 1. The van der Waals surface area contributed by atoms with Crippen molar-refractivity contribution >= 4 is 39.9 Å². The number of carbonyl (C=O) groups is 2. The summed E-state index contributed by atoms with van der Waals surface area (Å²) >= 11 is 2.64. The molecule has 1 aliphatic heterocycles. The molecule has 1 atom stereocenters. The van der Waals surface area contributed by atoms with Crippen molar-refractivity contribution < 1.29 is 29.0 Å². The van der Waals surface area contributed by atoms with Crippen molar-refractivity contribution in [3.05, 3.63) is 94.6 Å². The van der Waals surface area contributed by atoms with Gasteiger partial charge in [0.15, 0.2) is 27.4 Å². The standard InChI is InChI=1S/C27H23N3O6S2/c1-3-35-20-13-17(10-11-18(20)31)22-21(23(32)19-12-9-15(2)36-19)24(33)25(34)30(22)26-28-29-27(38-26)37-14-16-7-5-4-6-8-16/h4-13,22,31,33H,3,14H2,1-2H3. The Kier molecular flexibility index (Phi) is 7.21. The number of phenolic OH excluding ortho intramolecular Hbond substituents is 1. The van der Waals surface area contributed by atoms with E-state index in [2.05, 4.69) is 10.2 Å². The fraction of sp³-hybridized carbons (Fsp3) is 0.185. The fourth-order valence-corrected chi connectivity index (χ4v) is 5.91. The van der Waals surface area contributed by atoms with E-state index in [4.69, 9.17) is 9.15 Å². The molecule has 2 aromatic heterocycles. The average Bonchev–Trinajstić information content (AvgIpc) is 3.63. The van der Waals surface area contributed by atoms with Gasteiger partial charge in [0.05, 0.1) is 18.2 Å². The van der Waals surface area contributed by atoms with Crippen LogP contribution < -0.4 is 9.64 Å². The molecule has 194 valence electrons. The molecule has 0 spiro atoms. The summed E-state index contributed by atoms with van der Waals surface area (Å²) in [6.45, 7) is 3.76. The number of aryl methyl sites for hydroxylation is 1. The Balaban J connectivity index is 1.54. The Morgan fingerprint density at radius 3 is 2.63 bits per heavy atom. The summed E-state index contributed by atoms with van der Waals surface area (Å²) in [5.74, 6) is -0.871. The third-order valence-corrected chi connectivity index (χ3v) is 7.95. The fourth-order valence-electron chi connectivity index (χ4n) is 4.09. The number of benzene rings is 2. The Labute approximate surface area is 226 Å². The van der Waals surface area contributed by atoms with Crippen molar-refractivity contribution in [3.63, 3.8) is 0 Å². The van der Waals surface area contributed by atoms with E-state index < -0.39 is 23.5 Å². The maximum atomic E-state index is 13.5. The third kappa shape index (κ3) is 4.90. The van der Waals surface area contributed by atoms with Crippen LogP contribution in [0.15, 0.2) is 80.8 Å². The summed E-state index contributed by atoms with van der Waals surface area (Å²) in [4.78, 5) is 28.1. The Hall–Kier alpha value is -4.09. The van der Waals surface area contributed by atoms with Crippen LogP contribution in [-0.4, -0.2) is 38.7 Å². The summed E-state index contributed by atoms with van der Waals surface area (Å²) in [5.41, 5.74) is 1.38. The van der Waals surface area contributed by atoms with E-state index in [0.29, 0.717) is 28.0 Å². The number of thioether (sulfide) groups is 1. The number of hydrogen-bond acceptors (Lipinski definition) is 10. The summed E-state index contributed by atoms with van der Waals surface area (Å²) in [7, 11) is 0. The van der Waals surface area contributed by atoms with Crippen molar-refractivity contribution in [3.8, 4) is 11.5 Å². The Morgan fingerprint density at radius 2 is 1.92 bits per heavy atom. The highest BCUT2D eigenvalue weighted by Crippen LogP contribution is 2.45. The number of hydrogen-bond donors (Lipinski definition) is 2. The third-order valence-electron chi connectivity index (χ3n) is 5.82. The number of aromatic nitrogens is 2. The largest absolute Gasteiger partial charge is 0.504 e. The predicted molar refractivity (Wildman–Crippen MR) is 143 cm³/mol. The van der Waals surface area contributed by atoms with Gasteiger partial charge in [0.25, 0.3) is 5.91 Å². The van der Waals surface area contributed by atoms with Crippen molar-refractivity contribution in [1.29, 1.82) is 0 Å². The van der Waals surface area contributed by atoms with Gasteiger partial charge < -0.3 is 19.4 Å². The molecular weight excluding hydrogens is 526 g/mol. The number of aromatic hydroxyl groups is 1. The van der Waals surface area contributed by atoms with E-state index in [9.17, 15) is 19.8 Å². The van der Waals surface area contributed by atoms with Crippen molar-refractivity contribution in [2.75, 3.05) is 11.5 Å². The molecule has 38 heavy (non-hydrogen) atoms. The molecule has 0 saturated heterocycles. The van der Waals surface area contributed by atoms with Crippen LogP contribution in [0.2, 0.25) is 0 Å². The quantitative estimate of drug-likeness (QED) is 0.155. The molecule has 9 nitrogen and oxygen atoms in total. The normalized spacial score (nSPS) is 15.4. The lowest BCUT2D eigenvalue weighted by Crippen LogP contribution is -2.31. The topological polar surface area (TPSA) is 126 Å². The van der Waals surface area contributed by atoms with E-state index in [-0.39, 0.29) is 28.0 Å². The lowest BCUT2D eigenvalue weighted by atomic mass is 9.95. The number of ketones is 1. The van der Waals surface area contributed by atoms with Crippen LogP contribution in [-0.2, 0) is 10.5 Å². The van der Waals surface area contributed by atoms with Gasteiger partial charge in [0, 0.05) is 5.75 Å². The number of furan rings is 1. The van der Waals surface area contributed by atoms with Gasteiger partial charge in [-0.1, -0.05) is 59.5 Å². The van der Waals surface area contributed by atoms with Gasteiger partial charge in [-0.3, -0.25) is 14.5 Å². The van der Waals surface area contributed by atoms with E-state index in [0.717, 1.165) is 5.56 Å². The molecule has 0 aliphatic carbocycles. The van der Waals surface area contributed by atoms with E-state index >= 15 is 0 Å². The minimum atomic E-state index is -1.06. The van der Waals surface area contributed by atoms with E-state index in [1.54, 1.807) is 26.0 Å². The number of aliphatic hydroxyl groups is 1. The highest BCUT2D eigenvalue weighted by Gasteiger charge is 2.47. The lowest BCUT2D eigenvalue weighted by Gasteiger charge is -2.24. The van der Waals surface area contributed by atoms with Crippen molar-refractivity contribution in [2.45, 2.75) is 30.0 Å². The predicted octanol–water partition coefficient (Wildman–Crippen LogP) is 5.62. The first-order chi connectivity index (χ1) is 18.4. The number of rotatable bonds is 9. The molecule has 0 radical (unpaired) electrons. The number of phenols is 1. The van der Waals surface area contributed by atoms with Crippen LogP contribution in [0, 0.1) is 6.92 Å². The second kappa shape index (κ2) is 10.7. The van der Waals surface area contributed by atoms with Gasteiger partial charge in [0.2, 0.25) is 10.9 Å². The molecule has 3 heterocycles. The van der Waals surface area contributed by atoms with Gasteiger partial charge >= 0.3 is 0 Å². The summed E-state index contributed by atoms with van der Waals surface area (Å²) in [6.07, 6.45) is 0. The molecule has 1 unspecified atom stereocenters. The highest BCUT2D eigenvalue weighted by atomic mass is 32.2. The highest BCUT2D eigenvalue weighted by molar-refractivity contribution is 8.00. The summed E-state index contributed by atoms with van der Waals surface area (Å²) < 4.78 is 11.7. The number of anilines is 1. The van der Waals surface area contributed by atoms with E-state index in [1.165, 1.54) is 46.2 Å². The number of aliphatic hydroxyl groups excluding tert-OH is 1. The first-order valence-corrected chi connectivity index (χ1v) is 13.5. The van der Waals surface area contributed by atoms with Gasteiger partial charge in [-0.25, -0.2) is 0 Å². The Bertz CT molecular complexity index is 1530. The maximum absolute atomic E-state index is 13.5. The number of nitrogens with zero attached hydrogens (tertiary/aromatic N) is 3. The smallest absolute Gasteiger partial charge is 0.296 e. The SMILES string of the molecule is CCOc1cc(C2C(C(=O)c3ccc(C)o3)=C(O)C(=O)N2c2nnc(SCc3ccccc3)s2)ccc1O. The van der Waals surface area contributed by atoms with Crippen LogP contribution in [0.3, 0.4) is 0 Å². The first kappa shape index (κ1) is 25.6. The van der Waals surface area contributed by atoms with Crippen LogP contribution in [0.4, 0.5) is 5.13 Å². The van der Waals surface area contributed by atoms with Crippen LogP contribution in [0.5, 0.6) is 11.5 Å². The molecular formula is C27H23N3O6S2. The minimum Gasteiger partial charge on any atom is -0.504 e. The second-order valence-corrected chi connectivity index (χ2v) is 10.5. The van der Waals surface area contributed by atoms with Gasteiger partial charge in [0.1, 0.15) is 5.76 Å².